The van der Waals surface area contributed by atoms with E-state index in [1.807, 2.05) is 30.7 Å². The molecular weight excluding hydrogens is 394 g/mol. The lowest BCUT2D eigenvalue weighted by Crippen LogP contribution is -2.51. The predicted molar refractivity (Wildman–Crippen MR) is 113 cm³/mol. The fourth-order valence-electron chi connectivity index (χ4n) is 5.20. The first-order chi connectivity index (χ1) is 13.3. The summed E-state index contributed by atoms with van der Waals surface area (Å²) < 4.78 is 0. The van der Waals surface area contributed by atoms with Gasteiger partial charge in [0.15, 0.2) is 0 Å². The number of piperidine rings is 1. The minimum absolute atomic E-state index is 0. The SMILES string of the molecule is CC(C)N(C)C(=O)C1CCN(C(=O)CN2C(C(=O)O)CC3CCCCC32)CC1.Cl. The molecule has 2 amide bonds. The molecule has 2 aliphatic heterocycles. The van der Waals surface area contributed by atoms with Crippen LogP contribution in [0.2, 0.25) is 0 Å². The Hall–Kier alpha value is -1.34. The average molecular weight is 430 g/mol. The van der Waals surface area contributed by atoms with Crippen LogP contribution in [0.5, 0.6) is 0 Å². The average Bonchev–Trinajstić information content (AvgIpc) is 3.05. The van der Waals surface area contributed by atoms with Gasteiger partial charge in [0.25, 0.3) is 0 Å². The Morgan fingerprint density at radius 1 is 1.07 bits per heavy atom. The molecule has 29 heavy (non-hydrogen) atoms. The molecule has 3 unspecified atom stereocenters. The van der Waals surface area contributed by atoms with Gasteiger partial charge in [-0.3, -0.25) is 19.3 Å². The second-order valence-corrected chi connectivity index (χ2v) is 9.07. The molecule has 1 aliphatic carbocycles. The fraction of sp³-hybridized carbons (Fsp3) is 0.857. The number of carboxylic acid groups (broad SMARTS) is 1. The highest BCUT2D eigenvalue weighted by Crippen LogP contribution is 2.39. The van der Waals surface area contributed by atoms with Gasteiger partial charge in [-0.15, -0.1) is 12.4 Å². The molecule has 2 heterocycles. The molecule has 3 atom stereocenters. The van der Waals surface area contributed by atoms with Crippen molar-refractivity contribution in [3.05, 3.63) is 0 Å². The zero-order valence-corrected chi connectivity index (χ0v) is 18.7. The van der Waals surface area contributed by atoms with E-state index in [9.17, 15) is 19.5 Å². The van der Waals surface area contributed by atoms with E-state index < -0.39 is 12.0 Å². The van der Waals surface area contributed by atoms with Gasteiger partial charge in [-0.1, -0.05) is 12.8 Å². The number of hydrogen-bond donors (Lipinski definition) is 1. The molecule has 3 rings (SSSR count). The number of amides is 2. The van der Waals surface area contributed by atoms with E-state index in [2.05, 4.69) is 0 Å². The summed E-state index contributed by atoms with van der Waals surface area (Å²) in [7, 11) is 1.84. The molecule has 0 radical (unpaired) electrons. The van der Waals surface area contributed by atoms with Crippen LogP contribution in [0.4, 0.5) is 0 Å². The normalized spacial score (nSPS) is 28.0. The molecule has 0 spiro atoms. The van der Waals surface area contributed by atoms with Gasteiger partial charge in [0.2, 0.25) is 11.8 Å². The van der Waals surface area contributed by atoms with Gasteiger partial charge in [0.1, 0.15) is 6.04 Å². The number of carboxylic acids is 1. The summed E-state index contributed by atoms with van der Waals surface area (Å²) in [6.45, 7) is 5.37. The summed E-state index contributed by atoms with van der Waals surface area (Å²) in [6.07, 6.45) is 6.42. The third-order valence-corrected chi connectivity index (χ3v) is 7.14. The Morgan fingerprint density at radius 3 is 2.28 bits per heavy atom. The number of nitrogens with zero attached hydrogens (tertiary/aromatic N) is 3. The number of carbonyl (C=O) groups excluding carboxylic acids is 2. The summed E-state index contributed by atoms with van der Waals surface area (Å²) >= 11 is 0. The monoisotopic (exact) mass is 429 g/mol. The van der Waals surface area contributed by atoms with Crippen LogP contribution in [-0.4, -0.2) is 82.4 Å². The molecule has 3 aliphatic rings. The second kappa shape index (κ2) is 10.1. The highest BCUT2D eigenvalue weighted by Gasteiger charge is 2.46. The Balaban J connectivity index is 0.00000300. The van der Waals surface area contributed by atoms with E-state index >= 15 is 0 Å². The molecule has 2 saturated heterocycles. The van der Waals surface area contributed by atoms with Crippen molar-refractivity contribution in [3.8, 4) is 0 Å². The topological polar surface area (TPSA) is 81.2 Å². The molecule has 3 fully saturated rings. The Morgan fingerprint density at radius 2 is 1.69 bits per heavy atom. The molecule has 0 aromatic carbocycles. The van der Waals surface area contributed by atoms with Crippen molar-refractivity contribution in [3.63, 3.8) is 0 Å². The Kier molecular flexibility index (Phi) is 8.35. The number of halogens is 1. The second-order valence-electron chi connectivity index (χ2n) is 9.07. The summed E-state index contributed by atoms with van der Waals surface area (Å²) in [4.78, 5) is 42.7. The molecule has 0 aromatic rings. The van der Waals surface area contributed by atoms with Crippen molar-refractivity contribution >= 4 is 30.2 Å². The number of rotatable bonds is 5. The highest BCUT2D eigenvalue weighted by atomic mass is 35.5. The summed E-state index contributed by atoms with van der Waals surface area (Å²) in [5.41, 5.74) is 0. The third-order valence-electron chi connectivity index (χ3n) is 7.14. The van der Waals surface area contributed by atoms with Crippen LogP contribution in [0.25, 0.3) is 0 Å². The molecular formula is C21H36ClN3O4. The van der Waals surface area contributed by atoms with Crippen molar-refractivity contribution in [2.24, 2.45) is 11.8 Å². The third kappa shape index (κ3) is 5.23. The van der Waals surface area contributed by atoms with Crippen molar-refractivity contribution < 1.29 is 19.5 Å². The van der Waals surface area contributed by atoms with E-state index in [1.165, 1.54) is 6.42 Å². The summed E-state index contributed by atoms with van der Waals surface area (Å²) in [6, 6.07) is -0.118. The van der Waals surface area contributed by atoms with Gasteiger partial charge in [-0.25, -0.2) is 0 Å². The smallest absolute Gasteiger partial charge is 0.320 e. The van der Waals surface area contributed by atoms with E-state index in [0.717, 1.165) is 19.3 Å². The van der Waals surface area contributed by atoms with E-state index in [4.69, 9.17) is 0 Å². The van der Waals surface area contributed by atoms with Gasteiger partial charge in [0.05, 0.1) is 6.54 Å². The maximum absolute atomic E-state index is 12.9. The van der Waals surface area contributed by atoms with Crippen LogP contribution in [-0.2, 0) is 14.4 Å². The van der Waals surface area contributed by atoms with Crippen LogP contribution in [0.3, 0.4) is 0 Å². The van der Waals surface area contributed by atoms with Crippen molar-refractivity contribution in [1.82, 2.24) is 14.7 Å². The number of carbonyl (C=O) groups is 3. The minimum atomic E-state index is -0.803. The van der Waals surface area contributed by atoms with Crippen molar-refractivity contribution in [1.29, 1.82) is 0 Å². The largest absolute Gasteiger partial charge is 0.480 e. The van der Waals surface area contributed by atoms with Crippen molar-refractivity contribution in [2.75, 3.05) is 26.7 Å². The first kappa shape index (κ1) is 23.9. The van der Waals surface area contributed by atoms with Crippen molar-refractivity contribution in [2.45, 2.75) is 76.9 Å². The lowest BCUT2D eigenvalue weighted by molar-refractivity contribution is -0.146. The Labute approximate surface area is 180 Å². The molecule has 1 N–H and O–H groups in total. The van der Waals surface area contributed by atoms with Gasteiger partial charge >= 0.3 is 5.97 Å². The molecule has 8 heteroatoms. The molecule has 7 nitrogen and oxygen atoms in total. The van der Waals surface area contributed by atoms with Gasteiger partial charge in [0, 0.05) is 38.1 Å². The van der Waals surface area contributed by atoms with Gasteiger partial charge in [-0.2, -0.15) is 0 Å². The molecule has 166 valence electrons. The van der Waals surface area contributed by atoms with Crippen LogP contribution in [0.15, 0.2) is 0 Å². The lowest BCUT2D eigenvalue weighted by Gasteiger charge is -2.37. The first-order valence-electron chi connectivity index (χ1n) is 10.8. The minimum Gasteiger partial charge on any atom is -0.480 e. The number of fused-ring (bicyclic) bond motifs is 1. The van der Waals surface area contributed by atoms with Crippen LogP contribution in [0.1, 0.15) is 58.8 Å². The number of aliphatic carboxylic acids is 1. The van der Waals surface area contributed by atoms with Gasteiger partial charge in [-0.05, 0) is 51.9 Å². The zero-order chi connectivity index (χ0) is 20.4. The lowest BCUT2D eigenvalue weighted by atomic mass is 9.85. The zero-order valence-electron chi connectivity index (χ0n) is 17.9. The maximum Gasteiger partial charge on any atom is 0.320 e. The van der Waals surface area contributed by atoms with E-state index in [0.29, 0.717) is 38.3 Å². The van der Waals surface area contributed by atoms with Crippen LogP contribution < -0.4 is 0 Å². The van der Waals surface area contributed by atoms with Crippen LogP contribution >= 0.6 is 12.4 Å². The van der Waals surface area contributed by atoms with E-state index in [-0.39, 0.29) is 48.8 Å². The Bertz CT molecular complexity index is 607. The maximum atomic E-state index is 12.9. The fourth-order valence-corrected chi connectivity index (χ4v) is 5.20. The quantitative estimate of drug-likeness (QED) is 0.724. The molecule has 1 saturated carbocycles. The predicted octanol–water partition coefficient (Wildman–Crippen LogP) is 2.23. The molecule has 0 bridgehead atoms. The van der Waals surface area contributed by atoms with E-state index in [1.54, 1.807) is 4.90 Å². The van der Waals surface area contributed by atoms with Gasteiger partial charge < -0.3 is 14.9 Å². The first-order valence-corrected chi connectivity index (χ1v) is 10.8. The van der Waals surface area contributed by atoms with Crippen LogP contribution in [0, 0.1) is 11.8 Å². The number of hydrogen-bond acceptors (Lipinski definition) is 4. The highest BCUT2D eigenvalue weighted by molar-refractivity contribution is 5.85. The standard InChI is InChI=1S/C21H35N3O4.ClH/c1-14(2)22(3)20(26)15-8-10-23(11-9-15)19(25)13-24-17-7-5-4-6-16(17)12-18(24)21(27)28;/h14-18H,4-13H2,1-3H3,(H,27,28);1H. The molecule has 0 aromatic heterocycles. The number of likely N-dealkylation sites (tertiary alicyclic amines) is 2. The summed E-state index contributed by atoms with van der Waals surface area (Å²) in [5, 5.41) is 9.64. The summed E-state index contributed by atoms with van der Waals surface area (Å²) in [5.74, 6) is -0.225.